The number of aliphatic carboxylic acids is 1. The van der Waals surface area contributed by atoms with Crippen molar-refractivity contribution in [2.24, 2.45) is 0 Å². The van der Waals surface area contributed by atoms with Crippen molar-refractivity contribution in [2.45, 2.75) is 17.7 Å². The number of rotatable bonds is 5. The molecule has 22 heavy (non-hydrogen) atoms. The third kappa shape index (κ3) is 4.14. The molecule has 3 N–H and O–H groups in total. The summed E-state index contributed by atoms with van der Waals surface area (Å²) < 4.78 is 5.06. The van der Waals surface area contributed by atoms with Gasteiger partial charge in [0.05, 0.1) is 12.4 Å². The van der Waals surface area contributed by atoms with Crippen molar-refractivity contribution in [3.8, 4) is 5.75 Å². The van der Waals surface area contributed by atoms with Crippen LogP contribution in [0.3, 0.4) is 0 Å². The molecule has 0 spiro atoms. The van der Waals surface area contributed by atoms with E-state index in [-0.39, 0.29) is 18.1 Å². The van der Waals surface area contributed by atoms with Crippen LogP contribution in [-0.4, -0.2) is 47.0 Å². The van der Waals surface area contributed by atoms with Gasteiger partial charge in [-0.05, 0) is 12.1 Å². The highest BCUT2D eigenvalue weighted by molar-refractivity contribution is 8.00. The highest BCUT2D eigenvalue weighted by Crippen LogP contribution is 2.22. The van der Waals surface area contributed by atoms with E-state index in [1.165, 1.54) is 18.9 Å². The fourth-order valence-electron chi connectivity index (χ4n) is 1.96. The number of ether oxygens (including phenoxy) is 1. The number of benzene rings is 1. The van der Waals surface area contributed by atoms with Gasteiger partial charge in [-0.2, -0.15) is 0 Å². The summed E-state index contributed by atoms with van der Waals surface area (Å²) in [4.78, 5) is 34.6. The second kappa shape index (κ2) is 7.17. The number of methoxy groups -OCH3 is 1. The summed E-state index contributed by atoms with van der Waals surface area (Å²) in [6.07, 6.45) is -0.0138. The van der Waals surface area contributed by atoms with E-state index < -0.39 is 23.2 Å². The normalized spacial score (nSPS) is 20.9. The number of anilines is 1. The van der Waals surface area contributed by atoms with E-state index in [1.807, 2.05) is 0 Å². The molecule has 1 heterocycles. The minimum atomic E-state index is -1.07. The summed E-state index contributed by atoms with van der Waals surface area (Å²) in [6, 6.07) is 6.00. The molecule has 7 nitrogen and oxygen atoms in total. The number of carboxylic acid groups (broad SMARTS) is 1. The molecule has 1 aliphatic rings. The Morgan fingerprint density at radius 3 is 2.91 bits per heavy atom. The Morgan fingerprint density at radius 2 is 2.27 bits per heavy atom. The largest absolute Gasteiger partial charge is 0.497 e. The fraction of sp³-hybridized carbons (Fsp3) is 0.357. The van der Waals surface area contributed by atoms with Crippen LogP contribution in [-0.2, 0) is 14.4 Å². The number of carbonyl (C=O) groups excluding carboxylic acids is 2. The van der Waals surface area contributed by atoms with Gasteiger partial charge in [-0.25, -0.2) is 4.79 Å². The number of carbonyl (C=O) groups is 3. The van der Waals surface area contributed by atoms with Crippen LogP contribution in [0.25, 0.3) is 0 Å². The van der Waals surface area contributed by atoms with Gasteiger partial charge in [-0.3, -0.25) is 9.59 Å². The van der Waals surface area contributed by atoms with Crippen molar-refractivity contribution in [3.05, 3.63) is 24.3 Å². The Morgan fingerprint density at radius 1 is 1.50 bits per heavy atom. The molecule has 118 valence electrons. The predicted molar refractivity (Wildman–Crippen MR) is 82.1 cm³/mol. The molecule has 2 atom stereocenters. The molecule has 1 aliphatic heterocycles. The molecule has 0 unspecified atom stereocenters. The maximum absolute atomic E-state index is 12.0. The molecule has 8 heteroatoms. The van der Waals surface area contributed by atoms with Crippen molar-refractivity contribution in [1.29, 1.82) is 0 Å². The summed E-state index contributed by atoms with van der Waals surface area (Å²) in [5.74, 6) is -0.941. The van der Waals surface area contributed by atoms with Gasteiger partial charge in [-0.15, -0.1) is 11.8 Å². The number of thioether (sulfide) groups is 1. The molecule has 0 aliphatic carbocycles. The molecule has 0 aromatic heterocycles. The van der Waals surface area contributed by atoms with Crippen LogP contribution in [0, 0.1) is 0 Å². The van der Waals surface area contributed by atoms with Crippen LogP contribution in [0.1, 0.15) is 6.42 Å². The molecule has 1 fully saturated rings. The van der Waals surface area contributed by atoms with Gasteiger partial charge >= 0.3 is 5.97 Å². The first-order valence-electron chi connectivity index (χ1n) is 6.58. The van der Waals surface area contributed by atoms with Crippen molar-refractivity contribution in [3.63, 3.8) is 0 Å². The zero-order valence-corrected chi connectivity index (χ0v) is 12.7. The van der Waals surface area contributed by atoms with Gasteiger partial charge < -0.3 is 20.5 Å². The number of carboxylic acids is 1. The third-order valence-electron chi connectivity index (χ3n) is 3.10. The van der Waals surface area contributed by atoms with E-state index in [1.54, 1.807) is 24.3 Å². The first-order chi connectivity index (χ1) is 10.5. The summed E-state index contributed by atoms with van der Waals surface area (Å²) in [6.45, 7) is 0. The lowest BCUT2D eigenvalue weighted by atomic mass is 10.2. The van der Waals surface area contributed by atoms with Crippen LogP contribution in [0.5, 0.6) is 5.75 Å². The van der Waals surface area contributed by atoms with Crippen LogP contribution >= 0.6 is 11.8 Å². The average Bonchev–Trinajstić information content (AvgIpc) is 2.49. The molecule has 1 aromatic rings. The number of hydrogen-bond donors (Lipinski definition) is 3. The van der Waals surface area contributed by atoms with Crippen LogP contribution < -0.4 is 15.4 Å². The van der Waals surface area contributed by atoms with E-state index in [4.69, 9.17) is 9.84 Å². The van der Waals surface area contributed by atoms with E-state index in [2.05, 4.69) is 10.6 Å². The Kier molecular flexibility index (Phi) is 5.26. The lowest BCUT2D eigenvalue weighted by Gasteiger charge is -2.25. The first kappa shape index (κ1) is 16.2. The highest BCUT2D eigenvalue weighted by atomic mass is 32.2. The Bertz CT molecular complexity index is 592. The first-order valence-corrected chi connectivity index (χ1v) is 7.63. The SMILES string of the molecule is COc1cccc(NC(=O)C[C@@H]2SC[C@@H](C(=O)O)NC2=O)c1. The van der Waals surface area contributed by atoms with E-state index in [0.717, 1.165) is 0 Å². The minimum absolute atomic E-state index is 0.0138. The zero-order chi connectivity index (χ0) is 16.1. The Labute approximate surface area is 131 Å². The standard InChI is InChI=1S/C14H16N2O5S/c1-21-9-4-2-3-8(5-9)15-12(17)6-11-13(18)16-10(7-22-11)14(19)20/h2-5,10-11H,6-7H2,1H3,(H,15,17)(H,16,18)(H,19,20)/t10-,11-/m0/s1. The summed E-state index contributed by atoms with van der Waals surface area (Å²) in [5.41, 5.74) is 0.578. The van der Waals surface area contributed by atoms with Crippen LogP contribution in [0.15, 0.2) is 24.3 Å². The minimum Gasteiger partial charge on any atom is -0.497 e. The second-order valence-corrected chi connectivity index (χ2v) is 5.94. The molecule has 2 rings (SSSR count). The summed E-state index contributed by atoms with van der Waals surface area (Å²) >= 11 is 1.18. The fourth-order valence-corrected chi connectivity index (χ4v) is 3.10. The molecular weight excluding hydrogens is 308 g/mol. The van der Waals surface area contributed by atoms with Crippen molar-refractivity contribution in [2.75, 3.05) is 18.2 Å². The van der Waals surface area contributed by atoms with E-state index in [9.17, 15) is 14.4 Å². The summed E-state index contributed by atoms with van der Waals surface area (Å²) in [7, 11) is 1.53. The lowest BCUT2D eigenvalue weighted by Crippen LogP contribution is -2.51. The number of hydrogen-bond acceptors (Lipinski definition) is 5. The van der Waals surface area contributed by atoms with Crippen molar-refractivity contribution in [1.82, 2.24) is 5.32 Å². The Hall–Kier alpha value is -2.22. The van der Waals surface area contributed by atoms with Crippen molar-refractivity contribution < 1.29 is 24.2 Å². The summed E-state index contributed by atoms with van der Waals surface area (Å²) in [5, 5.41) is 13.4. The monoisotopic (exact) mass is 324 g/mol. The van der Waals surface area contributed by atoms with Gasteiger partial charge in [0.1, 0.15) is 11.8 Å². The lowest BCUT2D eigenvalue weighted by molar-refractivity contribution is -0.141. The molecule has 0 radical (unpaired) electrons. The van der Waals surface area contributed by atoms with Crippen LogP contribution in [0.2, 0.25) is 0 Å². The smallest absolute Gasteiger partial charge is 0.327 e. The predicted octanol–water partition coefficient (Wildman–Crippen LogP) is 0.709. The topological polar surface area (TPSA) is 105 Å². The molecule has 0 bridgehead atoms. The van der Waals surface area contributed by atoms with Gasteiger partial charge in [0, 0.05) is 23.9 Å². The third-order valence-corrected chi connectivity index (χ3v) is 4.40. The molecular formula is C14H16N2O5S. The second-order valence-electron chi connectivity index (χ2n) is 4.71. The van der Waals surface area contributed by atoms with Gasteiger partial charge in [0.25, 0.3) is 0 Å². The maximum Gasteiger partial charge on any atom is 0.327 e. The van der Waals surface area contributed by atoms with E-state index in [0.29, 0.717) is 11.4 Å². The highest BCUT2D eigenvalue weighted by Gasteiger charge is 2.33. The van der Waals surface area contributed by atoms with Gasteiger partial charge in [0.2, 0.25) is 11.8 Å². The zero-order valence-electron chi connectivity index (χ0n) is 11.9. The quantitative estimate of drug-likeness (QED) is 0.737. The average molecular weight is 324 g/mol. The molecule has 0 saturated carbocycles. The van der Waals surface area contributed by atoms with Crippen LogP contribution in [0.4, 0.5) is 5.69 Å². The van der Waals surface area contributed by atoms with E-state index >= 15 is 0 Å². The van der Waals surface area contributed by atoms with Gasteiger partial charge in [0.15, 0.2) is 0 Å². The molecule has 1 aromatic carbocycles. The molecule has 2 amide bonds. The molecule has 1 saturated heterocycles. The number of nitrogens with one attached hydrogen (secondary N) is 2. The Balaban J connectivity index is 1.89. The van der Waals surface area contributed by atoms with Gasteiger partial charge in [-0.1, -0.05) is 6.07 Å². The number of amides is 2. The maximum atomic E-state index is 12.0. The van der Waals surface area contributed by atoms with Crippen molar-refractivity contribution >= 4 is 35.2 Å².